The molecule has 1 rings (SSSR count). The first kappa shape index (κ1) is 13.0. The molecular formula is C13H28N2. The van der Waals surface area contributed by atoms with E-state index in [4.69, 9.17) is 0 Å². The predicted molar refractivity (Wildman–Crippen MR) is 67.1 cm³/mol. The first-order valence-corrected chi connectivity index (χ1v) is 6.46. The van der Waals surface area contributed by atoms with Gasteiger partial charge in [-0.2, -0.15) is 0 Å². The van der Waals surface area contributed by atoms with Crippen molar-refractivity contribution in [1.82, 2.24) is 10.2 Å². The Kier molecular flexibility index (Phi) is 5.62. The largest absolute Gasteiger partial charge is 0.315 e. The standard InChI is InChI=1S/C13H28N2/c1-11(2)8-13(15(3)4)10-14-9-12-6-5-7-12/h11-14H,5-10H2,1-4H3. The monoisotopic (exact) mass is 212 g/mol. The van der Waals surface area contributed by atoms with Crippen LogP contribution in [0.3, 0.4) is 0 Å². The van der Waals surface area contributed by atoms with Crippen LogP contribution in [0.25, 0.3) is 0 Å². The predicted octanol–water partition coefficient (Wildman–Crippen LogP) is 2.35. The lowest BCUT2D eigenvalue weighted by molar-refractivity contribution is 0.232. The zero-order valence-electron chi connectivity index (χ0n) is 10.9. The summed E-state index contributed by atoms with van der Waals surface area (Å²) >= 11 is 0. The summed E-state index contributed by atoms with van der Waals surface area (Å²) in [6, 6.07) is 0.699. The second-order valence-electron chi connectivity index (χ2n) is 5.70. The molecule has 2 heteroatoms. The molecule has 2 nitrogen and oxygen atoms in total. The Morgan fingerprint density at radius 2 is 1.93 bits per heavy atom. The van der Waals surface area contributed by atoms with Gasteiger partial charge in [0.2, 0.25) is 0 Å². The first-order chi connectivity index (χ1) is 7.09. The van der Waals surface area contributed by atoms with Crippen molar-refractivity contribution < 1.29 is 0 Å². The number of rotatable bonds is 7. The van der Waals surface area contributed by atoms with E-state index in [1.54, 1.807) is 0 Å². The number of hydrogen-bond donors (Lipinski definition) is 1. The topological polar surface area (TPSA) is 15.3 Å². The van der Waals surface area contributed by atoms with Crippen molar-refractivity contribution in [3.63, 3.8) is 0 Å². The Morgan fingerprint density at radius 1 is 1.27 bits per heavy atom. The van der Waals surface area contributed by atoms with Crippen LogP contribution < -0.4 is 5.32 Å². The van der Waals surface area contributed by atoms with E-state index in [0.717, 1.165) is 18.4 Å². The van der Waals surface area contributed by atoms with Crippen molar-refractivity contribution in [1.29, 1.82) is 0 Å². The first-order valence-electron chi connectivity index (χ1n) is 6.46. The molecule has 0 aromatic heterocycles. The molecule has 1 N–H and O–H groups in total. The molecule has 0 amide bonds. The van der Waals surface area contributed by atoms with Gasteiger partial charge in [-0.15, -0.1) is 0 Å². The number of hydrogen-bond acceptors (Lipinski definition) is 2. The Labute approximate surface area is 95.4 Å². The van der Waals surface area contributed by atoms with E-state index in [-0.39, 0.29) is 0 Å². The molecule has 1 fully saturated rings. The minimum Gasteiger partial charge on any atom is -0.315 e. The Morgan fingerprint density at radius 3 is 2.33 bits per heavy atom. The molecule has 0 saturated heterocycles. The summed E-state index contributed by atoms with van der Waals surface area (Å²) in [6.45, 7) is 7.01. The van der Waals surface area contributed by atoms with Crippen LogP contribution in [0.2, 0.25) is 0 Å². The van der Waals surface area contributed by atoms with Gasteiger partial charge in [-0.25, -0.2) is 0 Å². The molecule has 1 aliphatic carbocycles. The van der Waals surface area contributed by atoms with Gasteiger partial charge in [0.1, 0.15) is 0 Å². The summed E-state index contributed by atoms with van der Waals surface area (Å²) in [6.07, 6.45) is 5.65. The molecule has 15 heavy (non-hydrogen) atoms. The quantitative estimate of drug-likeness (QED) is 0.697. The fraction of sp³-hybridized carbons (Fsp3) is 1.00. The van der Waals surface area contributed by atoms with Gasteiger partial charge in [0, 0.05) is 12.6 Å². The third kappa shape index (κ3) is 4.98. The molecule has 1 unspecified atom stereocenters. The van der Waals surface area contributed by atoms with Crippen LogP contribution in [0.15, 0.2) is 0 Å². The highest BCUT2D eigenvalue weighted by molar-refractivity contribution is 4.75. The van der Waals surface area contributed by atoms with E-state index < -0.39 is 0 Å². The molecule has 0 heterocycles. The van der Waals surface area contributed by atoms with Gasteiger partial charge in [0.25, 0.3) is 0 Å². The minimum atomic E-state index is 0.699. The maximum Gasteiger partial charge on any atom is 0.0216 e. The summed E-state index contributed by atoms with van der Waals surface area (Å²) in [5.41, 5.74) is 0. The minimum absolute atomic E-state index is 0.699. The van der Waals surface area contributed by atoms with Gasteiger partial charge in [0.15, 0.2) is 0 Å². The van der Waals surface area contributed by atoms with Crippen LogP contribution in [0.4, 0.5) is 0 Å². The lowest BCUT2D eigenvalue weighted by atomic mass is 9.85. The Hall–Kier alpha value is -0.0800. The third-order valence-electron chi connectivity index (χ3n) is 3.51. The molecule has 0 aromatic rings. The van der Waals surface area contributed by atoms with Crippen molar-refractivity contribution in [3.8, 4) is 0 Å². The van der Waals surface area contributed by atoms with Gasteiger partial charge >= 0.3 is 0 Å². The van der Waals surface area contributed by atoms with E-state index in [1.165, 1.54) is 32.2 Å². The average Bonchev–Trinajstić information content (AvgIpc) is 2.06. The molecule has 0 spiro atoms. The van der Waals surface area contributed by atoms with Crippen molar-refractivity contribution in [3.05, 3.63) is 0 Å². The van der Waals surface area contributed by atoms with E-state index in [1.807, 2.05) is 0 Å². The summed E-state index contributed by atoms with van der Waals surface area (Å²) in [4.78, 5) is 2.35. The molecule has 1 atom stereocenters. The molecule has 0 bridgehead atoms. The lowest BCUT2D eigenvalue weighted by Gasteiger charge is -2.29. The van der Waals surface area contributed by atoms with Crippen molar-refractivity contribution in [2.24, 2.45) is 11.8 Å². The van der Waals surface area contributed by atoms with Crippen molar-refractivity contribution in [2.45, 2.75) is 45.6 Å². The van der Waals surface area contributed by atoms with Crippen molar-refractivity contribution in [2.75, 3.05) is 27.2 Å². The second kappa shape index (κ2) is 6.49. The molecule has 0 aromatic carbocycles. The zero-order chi connectivity index (χ0) is 11.3. The molecule has 1 aliphatic rings. The third-order valence-corrected chi connectivity index (χ3v) is 3.51. The number of nitrogens with one attached hydrogen (secondary N) is 1. The van der Waals surface area contributed by atoms with Crippen LogP contribution in [0.1, 0.15) is 39.5 Å². The summed E-state index contributed by atoms with van der Waals surface area (Å²) in [5.74, 6) is 1.77. The number of nitrogens with zero attached hydrogens (tertiary/aromatic N) is 1. The van der Waals surface area contributed by atoms with E-state index >= 15 is 0 Å². The average molecular weight is 212 g/mol. The smallest absolute Gasteiger partial charge is 0.0216 e. The van der Waals surface area contributed by atoms with Crippen LogP contribution in [-0.4, -0.2) is 38.1 Å². The molecular weight excluding hydrogens is 184 g/mol. The van der Waals surface area contributed by atoms with Crippen molar-refractivity contribution >= 4 is 0 Å². The Balaban J connectivity index is 2.12. The van der Waals surface area contributed by atoms with Crippen LogP contribution in [0, 0.1) is 11.8 Å². The molecule has 90 valence electrons. The fourth-order valence-electron chi connectivity index (χ4n) is 2.17. The lowest BCUT2D eigenvalue weighted by Crippen LogP contribution is -2.41. The summed E-state index contributed by atoms with van der Waals surface area (Å²) in [7, 11) is 4.39. The van der Waals surface area contributed by atoms with Crippen LogP contribution in [-0.2, 0) is 0 Å². The molecule has 0 aliphatic heterocycles. The van der Waals surface area contributed by atoms with Crippen LogP contribution in [0.5, 0.6) is 0 Å². The molecule has 0 radical (unpaired) electrons. The highest BCUT2D eigenvalue weighted by Gasteiger charge is 2.18. The summed E-state index contributed by atoms with van der Waals surface area (Å²) in [5, 5.41) is 3.63. The normalized spacial score (nSPS) is 19.6. The maximum absolute atomic E-state index is 3.63. The maximum atomic E-state index is 3.63. The van der Waals surface area contributed by atoms with E-state index in [0.29, 0.717) is 6.04 Å². The fourth-order valence-corrected chi connectivity index (χ4v) is 2.17. The van der Waals surface area contributed by atoms with Gasteiger partial charge < -0.3 is 10.2 Å². The van der Waals surface area contributed by atoms with E-state index in [2.05, 4.69) is 38.2 Å². The molecule has 1 saturated carbocycles. The second-order valence-corrected chi connectivity index (χ2v) is 5.70. The van der Waals surface area contributed by atoms with Gasteiger partial charge in [-0.3, -0.25) is 0 Å². The highest BCUT2D eigenvalue weighted by atomic mass is 15.1. The zero-order valence-corrected chi connectivity index (χ0v) is 10.9. The highest BCUT2D eigenvalue weighted by Crippen LogP contribution is 2.25. The number of likely N-dealkylation sites (N-methyl/N-ethyl adjacent to an activating group) is 1. The van der Waals surface area contributed by atoms with Gasteiger partial charge in [0.05, 0.1) is 0 Å². The van der Waals surface area contributed by atoms with Crippen LogP contribution >= 0.6 is 0 Å². The van der Waals surface area contributed by atoms with Gasteiger partial charge in [-0.1, -0.05) is 20.3 Å². The van der Waals surface area contributed by atoms with Gasteiger partial charge in [-0.05, 0) is 51.7 Å². The summed E-state index contributed by atoms with van der Waals surface area (Å²) < 4.78 is 0. The SMILES string of the molecule is CC(C)CC(CNCC1CCC1)N(C)C. The Bertz CT molecular complexity index is 162. The van der Waals surface area contributed by atoms with E-state index in [9.17, 15) is 0 Å².